The van der Waals surface area contributed by atoms with Crippen molar-refractivity contribution in [2.45, 2.75) is 18.9 Å². The van der Waals surface area contributed by atoms with Gasteiger partial charge in [0, 0.05) is 18.2 Å². The molecule has 0 aliphatic carbocycles. The Morgan fingerprint density at radius 1 is 1.09 bits per heavy atom. The first-order valence-electron chi connectivity index (χ1n) is 7.16. The fourth-order valence-electron chi connectivity index (χ4n) is 1.86. The summed E-state index contributed by atoms with van der Waals surface area (Å²) in [4.78, 5) is 11.7. The molecule has 0 heterocycles. The predicted octanol–water partition coefficient (Wildman–Crippen LogP) is 2.52. The van der Waals surface area contributed by atoms with Crippen LogP contribution in [0.1, 0.15) is 12.8 Å². The van der Waals surface area contributed by atoms with E-state index in [0.29, 0.717) is 17.9 Å². The van der Waals surface area contributed by atoms with Crippen molar-refractivity contribution in [3.8, 4) is 11.5 Å². The van der Waals surface area contributed by atoms with Gasteiger partial charge in [0.2, 0.25) is 5.91 Å². The van der Waals surface area contributed by atoms with E-state index in [9.17, 15) is 4.79 Å². The summed E-state index contributed by atoms with van der Waals surface area (Å²) in [5.41, 5.74) is 6.26. The van der Waals surface area contributed by atoms with Gasteiger partial charge in [-0.1, -0.05) is 18.2 Å². The standard InChI is InChI=1S/C17H20N2O3/c18-13(12-20)6-11-17(21)19-14-7-9-16(10-8-14)22-15-4-2-1-3-5-15/h1-5,7-10,13,20H,6,11-12,18H2,(H,19,21)/t13-/m0/s1. The molecule has 0 fully saturated rings. The number of rotatable bonds is 7. The third-order valence-corrected chi connectivity index (χ3v) is 3.09. The van der Waals surface area contributed by atoms with Gasteiger partial charge in [-0.3, -0.25) is 4.79 Å². The van der Waals surface area contributed by atoms with E-state index in [1.54, 1.807) is 24.3 Å². The molecule has 0 aliphatic heterocycles. The zero-order valence-electron chi connectivity index (χ0n) is 12.2. The molecule has 1 atom stereocenters. The maximum atomic E-state index is 11.7. The van der Waals surface area contributed by atoms with Crippen LogP contribution in [0.15, 0.2) is 54.6 Å². The number of benzene rings is 2. The van der Waals surface area contributed by atoms with E-state index in [0.717, 1.165) is 5.75 Å². The summed E-state index contributed by atoms with van der Waals surface area (Å²) in [6.45, 7) is -0.112. The molecule has 0 saturated heterocycles. The fourth-order valence-corrected chi connectivity index (χ4v) is 1.86. The van der Waals surface area contributed by atoms with Gasteiger partial charge in [0.25, 0.3) is 0 Å². The van der Waals surface area contributed by atoms with Gasteiger partial charge in [-0.15, -0.1) is 0 Å². The summed E-state index contributed by atoms with van der Waals surface area (Å²) in [7, 11) is 0. The summed E-state index contributed by atoms with van der Waals surface area (Å²) in [6.07, 6.45) is 0.738. The van der Waals surface area contributed by atoms with Crippen molar-refractivity contribution in [2.75, 3.05) is 11.9 Å². The molecule has 22 heavy (non-hydrogen) atoms. The molecule has 0 spiro atoms. The quantitative estimate of drug-likeness (QED) is 0.733. The number of aliphatic hydroxyl groups excluding tert-OH is 1. The minimum Gasteiger partial charge on any atom is -0.457 e. The van der Waals surface area contributed by atoms with Gasteiger partial charge >= 0.3 is 0 Å². The lowest BCUT2D eigenvalue weighted by Gasteiger charge is -2.09. The summed E-state index contributed by atoms with van der Waals surface area (Å²) >= 11 is 0. The van der Waals surface area contributed by atoms with Crippen molar-refractivity contribution in [1.82, 2.24) is 0 Å². The van der Waals surface area contributed by atoms with E-state index < -0.39 is 0 Å². The Bertz CT molecular complexity index is 585. The molecule has 2 rings (SSSR count). The van der Waals surface area contributed by atoms with Crippen LogP contribution in [0.25, 0.3) is 0 Å². The van der Waals surface area contributed by atoms with Crippen molar-refractivity contribution in [3.05, 3.63) is 54.6 Å². The van der Waals surface area contributed by atoms with Crippen molar-refractivity contribution in [3.63, 3.8) is 0 Å². The maximum absolute atomic E-state index is 11.7. The van der Waals surface area contributed by atoms with E-state index >= 15 is 0 Å². The highest BCUT2D eigenvalue weighted by Crippen LogP contribution is 2.22. The number of nitrogens with two attached hydrogens (primary N) is 1. The maximum Gasteiger partial charge on any atom is 0.224 e. The summed E-state index contributed by atoms with van der Waals surface area (Å²) in [5.74, 6) is 1.34. The molecule has 0 aliphatic rings. The molecule has 5 heteroatoms. The highest BCUT2D eigenvalue weighted by atomic mass is 16.5. The first kappa shape index (κ1) is 16.0. The minimum absolute atomic E-state index is 0.112. The second-order valence-electron chi connectivity index (χ2n) is 4.97. The number of ether oxygens (including phenoxy) is 1. The molecular weight excluding hydrogens is 280 g/mol. The Hall–Kier alpha value is -2.37. The predicted molar refractivity (Wildman–Crippen MR) is 85.9 cm³/mol. The molecule has 116 valence electrons. The molecule has 5 nitrogen and oxygen atoms in total. The number of hydrogen-bond acceptors (Lipinski definition) is 4. The van der Waals surface area contributed by atoms with Crippen LogP contribution in [0.5, 0.6) is 11.5 Å². The Kier molecular flexibility index (Phi) is 5.94. The zero-order chi connectivity index (χ0) is 15.8. The minimum atomic E-state index is -0.354. The number of carbonyl (C=O) groups excluding carboxylic acids is 1. The van der Waals surface area contributed by atoms with Crippen molar-refractivity contribution in [2.24, 2.45) is 5.73 Å². The second kappa shape index (κ2) is 8.17. The number of amides is 1. The average molecular weight is 300 g/mol. The largest absolute Gasteiger partial charge is 0.457 e. The van der Waals surface area contributed by atoms with Gasteiger partial charge in [0.1, 0.15) is 11.5 Å². The van der Waals surface area contributed by atoms with Crippen LogP contribution >= 0.6 is 0 Å². The van der Waals surface area contributed by atoms with Crippen LogP contribution in [0.4, 0.5) is 5.69 Å². The Morgan fingerprint density at radius 2 is 1.73 bits per heavy atom. The molecule has 2 aromatic rings. The normalized spacial score (nSPS) is 11.7. The van der Waals surface area contributed by atoms with Gasteiger partial charge < -0.3 is 20.9 Å². The smallest absolute Gasteiger partial charge is 0.224 e. The van der Waals surface area contributed by atoms with Crippen molar-refractivity contribution < 1.29 is 14.6 Å². The van der Waals surface area contributed by atoms with Gasteiger partial charge in [0.15, 0.2) is 0 Å². The van der Waals surface area contributed by atoms with E-state index in [4.69, 9.17) is 15.6 Å². The Morgan fingerprint density at radius 3 is 2.36 bits per heavy atom. The zero-order valence-corrected chi connectivity index (χ0v) is 12.2. The number of carbonyl (C=O) groups is 1. The molecular formula is C17H20N2O3. The van der Waals surface area contributed by atoms with E-state index in [-0.39, 0.29) is 25.0 Å². The van der Waals surface area contributed by atoms with Crippen LogP contribution in [0, 0.1) is 0 Å². The van der Waals surface area contributed by atoms with Gasteiger partial charge in [0.05, 0.1) is 6.61 Å². The molecule has 4 N–H and O–H groups in total. The molecule has 0 unspecified atom stereocenters. The number of anilines is 1. The van der Waals surface area contributed by atoms with Gasteiger partial charge in [-0.25, -0.2) is 0 Å². The van der Waals surface area contributed by atoms with E-state index in [1.165, 1.54) is 0 Å². The Labute approximate surface area is 129 Å². The van der Waals surface area contributed by atoms with Crippen LogP contribution in [0.2, 0.25) is 0 Å². The van der Waals surface area contributed by atoms with E-state index in [2.05, 4.69) is 5.32 Å². The molecule has 0 aromatic heterocycles. The van der Waals surface area contributed by atoms with Crippen LogP contribution < -0.4 is 15.8 Å². The topological polar surface area (TPSA) is 84.6 Å². The fraction of sp³-hybridized carbons (Fsp3) is 0.235. The highest BCUT2D eigenvalue weighted by Gasteiger charge is 2.06. The number of hydrogen-bond donors (Lipinski definition) is 3. The molecule has 2 aromatic carbocycles. The number of nitrogens with one attached hydrogen (secondary N) is 1. The first-order valence-corrected chi connectivity index (χ1v) is 7.16. The summed E-state index contributed by atoms with van der Waals surface area (Å²) in [5, 5.41) is 11.6. The third-order valence-electron chi connectivity index (χ3n) is 3.09. The lowest BCUT2D eigenvalue weighted by Crippen LogP contribution is -2.26. The van der Waals surface area contributed by atoms with Crippen LogP contribution in [-0.4, -0.2) is 23.7 Å². The summed E-state index contributed by atoms with van der Waals surface area (Å²) in [6, 6.07) is 16.3. The van der Waals surface area contributed by atoms with Crippen molar-refractivity contribution >= 4 is 11.6 Å². The lowest BCUT2D eigenvalue weighted by atomic mass is 10.1. The SMILES string of the molecule is N[C@H](CO)CCC(=O)Nc1ccc(Oc2ccccc2)cc1. The number of aliphatic hydroxyl groups is 1. The number of para-hydroxylation sites is 1. The second-order valence-corrected chi connectivity index (χ2v) is 4.97. The average Bonchev–Trinajstić information content (AvgIpc) is 2.55. The highest BCUT2D eigenvalue weighted by molar-refractivity contribution is 5.90. The first-order chi connectivity index (χ1) is 10.7. The molecule has 0 radical (unpaired) electrons. The van der Waals surface area contributed by atoms with Gasteiger partial charge in [-0.2, -0.15) is 0 Å². The molecule has 0 bridgehead atoms. The summed E-state index contributed by atoms with van der Waals surface area (Å²) < 4.78 is 5.67. The monoisotopic (exact) mass is 300 g/mol. The Balaban J connectivity index is 1.85. The molecule has 1 amide bonds. The van der Waals surface area contributed by atoms with Crippen LogP contribution in [-0.2, 0) is 4.79 Å². The molecule has 0 saturated carbocycles. The van der Waals surface area contributed by atoms with Gasteiger partial charge in [-0.05, 0) is 42.8 Å². The lowest BCUT2D eigenvalue weighted by molar-refractivity contribution is -0.116. The van der Waals surface area contributed by atoms with E-state index in [1.807, 2.05) is 30.3 Å². The van der Waals surface area contributed by atoms with Crippen molar-refractivity contribution in [1.29, 1.82) is 0 Å². The third kappa shape index (κ3) is 5.20. The van der Waals surface area contributed by atoms with Crippen LogP contribution in [0.3, 0.4) is 0 Å².